The van der Waals surface area contributed by atoms with Gasteiger partial charge < -0.3 is 0 Å². The molecule has 0 saturated carbocycles. The van der Waals surface area contributed by atoms with Gasteiger partial charge in [-0.2, -0.15) is 5.26 Å². The van der Waals surface area contributed by atoms with Crippen LogP contribution in [0.4, 0.5) is 0 Å². The fourth-order valence-corrected chi connectivity index (χ4v) is 0.628. The molecule has 0 atom stereocenters. The Hall–Kier alpha value is -1.29. The van der Waals surface area contributed by atoms with Crippen molar-refractivity contribution in [2.24, 2.45) is 0 Å². The molecule has 0 heterocycles. The van der Waals surface area contributed by atoms with Crippen LogP contribution in [0.25, 0.3) is 0 Å². The smallest absolute Gasteiger partial charge is 0.0991 e. The summed E-state index contributed by atoms with van der Waals surface area (Å²) in [6, 6.07) is 9.54. The predicted octanol–water partition coefficient (Wildman–Crippen LogP) is 1.87. The minimum atomic E-state index is 0.723. The van der Waals surface area contributed by atoms with Gasteiger partial charge >= 0.3 is 0 Å². The highest BCUT2D eigenvalue weighted by Crippen LogP contribution is 1.99. The molecule has 1 heteroatoms. The van der Waals surface area contributed by atoms with Gasteiger partial charge in [-0.05, 0) is 19.1 Å². The molecule has 44 valence electrons. The van der Waals surface area contributed by atoms with Crippen LogP contribution in [0.2, 0.25) is 0 Å². The molecule has 0 N–H and O–H groups in total. The van der Waals surface area contributed by atoms with Crippen molar-refractivity contribution in [3.05, 3.63) is 35.4 Å². The lowest BCUT2D eigenvalue weighted by molar-refractivity contribution is 1.43. The summed E-state index contributed by atoms with van der Waals surface area (Å²) in [5.74, 6) is 0. The van der Waals surface area contributed by atoms with Crippen LogP contribution in [0.5, 0.6) is 0 Å². The first-order valence-electron chi connectivity index (χ1n) is 2.79. The fraction of sp³-hybridized carbons (Fsp3) is 0.125. The molecule has 0 spiro atoms. The Morgan fingerprint density at radius 2 is 1.78 bits per heavy atom. The van der Waals surface area contributed by atoms with Crippen molar-refractivity contribution in [2.75, 3.05) is 0 Å². The highest BCUT2D eigenvalue weighted by atomic mass is 15.1. The zero-order valence-corrected chi connectivity index (χ0v) is 5.26. The molecular weight excluding hydrogens is 111 g/mol. The van der Waals surface area contributed by atoms with Crippen LogP contribution >= 0.6 is 0 Å². The standard InChI is InChI=1S/C8H7N/c1-7-2-4-8(6-9)5-3-7/h2-5H,1H3/i9+1. The molecule has 0 fully saturated rings. The van der Waals surface area contributed by atoms with E-state index >= 15 is 0 Å². The molecule has 0 aliphatic carbocycles. The van der Waals surface area contributed by atoms with Gasteiger partial charge in [-0.1, -0.05) is 17.7 Å². The van der Waals surface area contributed by atoms with Gasteiger partial charge in [-0.25, -0.2) is 0 Å². The summed E-state index contributed by atoms with van der Waals surface area (Å²) >= 11 is 0. The maximum atomic E-state index is 8.38. The maximum Gasteiger partial charge on any atom is 0.0991 e. The summed E-state index contributed by atoms with van der Waals surface area (Å²) in [6.07, 6.45) is 0. The largest absolute Gasteiger partial charge is 0.192 e. The predicted molar refractivity (Wildman–Crippen MR) is 35.9 cm³/mol. The molecule has 1 nitrogen and oxygen atoms in total. The second-order valence-electron chi connectivity index (χ2n) is 1.98. The number of hydrogen-bond donors (Lipinski definition) is 0. The van der Waals surface area contributed by atoms with Crippen molar-refractivity contribution in [3.63, 3.8) is 0 Å². The van der Waals surface area contributed by atoms with E-state index in [9.17, 15) is 0 Å². The molecule has 0 aliphatic heterocycles. The molecule has 1 aromatic rings. The van der Waals surface area contributed by atoms with Crippen molar-refractivity contribution in [3.8, 4) is 6.07 Å². The average Bonchev–Trinajstić information content (AvgIpc) is 1.90. The summed E-state index contributed by atoms with van der Waals surface area (Å²) in [5, 5.41) is 8.38. The van der Waals surface area contributed by atoms with Crippen molar-refractivity contribution in [1.29, 1.82) is 5.26 Å². The minimum absolute atomic E-state index is 0.723. The molecule has 0 bridgehead atoms. The molecule has 9 heavy (non-hydrogen) atoms. The minimum Gasteiger partial charge on any atom is -0.192 e. The van der Waals surface area contributed by atoms with Crippen molar-refractivity contribution in [2.45, 2.75) is 6.92 Å². The fourth-order valence-electron chi connectivity index (χ4n) is 0.628. The Labute approximate surface area is 54.6 Å². The summed E-state index contributed by atoms with van der Waals surface area (Å²) < 4.78 is 0. The van der Waals surface area contributed by atoms with Gasteiger partial charge in [0.1, 0.15) is 0 Å². The zero-order chi connectivity index (χ0) is 6.69. The number of nitrogens with zero attached hydrogens (tertiary/aromatic N) is 1. The number of benzene rings is 1. The van der Waals surface area contributed by atoms with Crippen LogP contribution in [0.3, 0.4) is 0 Å². The van der Waals surface area contributed by atoms with Crippen molar-refractivity contribution < 1.29 is 0 Å². The first-order valence-corrected chi connectivity index (χ1v) is 2.79. The summed E-state index contributed by atoms with van der Waals surface area (Å²) in [7, 11) is 0. The lowest BCUT2D eigenvalue weighted by Gasteiger charge is -1.88. The molecule has 0 saturated heterocycles. The van der Waals surface area contributed by atoms with Gasteiger partial charge in [0.05, 0.1) is 11.6 Å². The van der Waals surface area contributed by atoms with E-state index in [1.807, 2.05) is 31.2 Å². The molecule has 0 radical (unpaired) electrons. The van der Waals surface area contributed by atoms with Gasteiger partial charge in [-0.3, -0.25) is 0 Å². The maximum absolute atomic E-state index is 8.38. The number of hydrogen-bond acceptors (Lipinski definition) is 1. The topological polar surface area (TPSA) is 23.8 Å². The zero-order valence-electron chi connectivity index (χ0n) is 5.26. The number of nitriles is 1. The Morgan fingerprint density at radius 1 is 1.22 bits per heavy atom. The van der Waals surface area contributed by atoms with Crippen LogP contribution in [0.1, 0.15) is 11.1 Å². The van der Waals surface area contributed by atoms with E-state index < -0.39 is 0 Å². The first kappa shape index (κ1) is 5.84. The Bertz CT molecular complexity index is 228. The Kier molecular flexibility index (Phi) is 1.51. The molecular formula is C8H7N. The summed E-state index contributed by atoms with van der Waals surface area (Å²) in [5.41, 5.74) is 1.91. The van der Waals surface area contributed by atoms with E-state index in [1.54, 1.807) is 0 Å². The van der Waals surface area contributed by atoms with E-state index in [-0.39, 0.29) is 0 Å². The van der Waals surface area contributed by atoms with E-state index in [0.717, 1.165) is 5.56 Å². The summed E-state index contributed by atoms with van der Waals surface area (Å²) in [4.78, 5) is 0. The van der Waals surface area contributed by atoms with Crippen LogP contribution in [-0.2, 0) is 0 Å². The van der Waals surface area contributed by atoms with Crippen LogP contribution in [0, 0.1) is 18.3 Å². The molecule has 1 rings (SSSR count). The van der Waals surface area contributed by atoms with Crippen molar-refractivity contribution >= 4 is 0 Å². The highest BCUT2D eigenvalue weighted by Gasteiger charge is 1.84. The lowest BCUT2D eigenvalue weighted by atomic mass is 10.2. The van der Waals surface area contributed by atoms with E-state index in [2.05, 4.69) is 6.07 Å². The molecule has 0 aliphatic rings. The molecule has 0 aromatic heterocycles. The van der Waals surface area contributed by atoms with Gasteiger partial charge in [0.2, 0.25) is 0 Å². The Morgan fingerprint density at radius 3 is 2.22 bits per heavy atom. The number of rotatable bonds is 0. The van der Waals surface area contributed by atoms with E-state index in [1.165, 1.54) is 5.56 Å². The summed E-state index contributed by atoms with van der Waals surface area (Å²) in [6.45, 7) is 2.00. The van der Waals surface area contributed by atoms with E-state index in [4.69, 9.17) is 5.26 Å². The molecule has 0 unspecified atom stereocenters. The van der Waals surface area contributed by atoms with E-state index in [0.29, 0.717) is 0 Å². The average molecular weight is 118 g/mol. The molecule has 1 aromatic carbocycles. The number of aryl methyl sites for hydroxylation is 1. The lowest BCUT2D eigenvalue weighted by Crippen LogP contribution is -1.72. The third kappa shape index (κ3) is 1.30. The van der Waals surface area contributed by atoms with Gasteiger partial charge in [-0.15, -0.1) is 0 Å². The van der Waals surface area contributed by atoms with Crippen molar-refractivity contribution in [1.82, 2.24) is 0 Å². The quantitative estimate of drug-likeness (QED) is 0.477. The van der Waals surface area contributed by atoms with Crippen LogP contribution < -0.4 is 0 Å². The van der Waals surface area contributed by atoms with Gasteiger partial charge in [0, 0.05) is 0 Å². The molecule has 0 amide bonds. The first-order chi connectivity index (χ1) is 4.33. The second-order valence-corrected chi connectivity index (χ2v) is 1.98. The third-order valence-corrected chi connectivity index (χ3v) is 1.18. The monoisotopic (exact) mass is 118 g/mol. The second kappa shape index (κ2) is 2.32. The third-order valence-electron chi connectivity index (χ3n) is 1.18. The normalized spacial score (nSPS) is 8.44. The SMILES string of the molecule is Cc1ccc(C#[15N])cc1. The van der Waals surface area contributed by atoms with Gasteiger partial charge in [0.15, 0.2) is 0 Å². The highest BCUT2D eigenvalue weighted by molar-refractivity contribution is 5.30. The Balaban J connectivity index is 3.06. The van der Waals surface area contributed by atoms with Crippen LogP contribution in [-0.4, -0.2) is 0 Å². The van der Waals surface area contributed by atoms with Gasteiger partial charge in [0.25, 0.3) is 0 Å². The van der Waals surface area contributed by atoms with Crippen LogP contribution in [0.15, 0.2) is 24.3 Å².